The molecule has 0 fully saturated rings. The van der Waals surface area contributed by atoms with Crippen molar-refractivity contribution in [2.45, 2.75) is 26.2 Å². The molecule has 0 radical (unpaired) electrons. The lowest BCUT2D eigenvalue weighted by Gasteiger charge is -2.36. The first-order valence-corrected chi connectivity index (χ1v) is 22.6. The zero-order valence-electron chi connectivity index (χ0n) is 33.7. The van der Waals surface area contributed by atoms with Gasteiger partial charge in [-0.1, -0.05) is 209 Å². The van der Waals surface area contributed by atoms with Crippen LogP contribution in [0.4, 0.5) is 0 Å². The van der Waals surface area contributed by atoms with Gasteiger partial charge in [0.2, 0.25) is 0 Å². The second-order valence-electron chi connectivity index (χ2n) is 16.7. The zero-order valence-corrected chi connectivity index (χ0v) is 34.7. The molecule has 1 nitrogen and oxygen atoms in total. The predicted molar refractivity (Wildman–Crippen MR) is 255 cm³/mol. The maximum absolute atomic E-state index is 4.90. The largest absolute Gasteiger partial charge is 0.256 e. The molecule has 0 saturated heterocycles. The Labute approximate surface area is 348 Å². The predicted octanol–water partition coefficient (Wildman–Crippen LogP) is 12.2. The molecule has 0 atom stereocenters. The van der Waals surface area contributed by atoms with E-state index in [1.165, 1.54) is 86.4 Å². The summed E-state index contributed by atoms with van der Waals surface area (Å²) in [7, 11) is -2.90. The molecule has 282 valence electrons. The third-order valence-corrected chi connectivity index (χ3v) is 17.1. The molecule has 9 aromatic carbocycles. The number of hydrogen-bond acceptors (Lipinski definition) is 1. The molecule has 10 aromatic rings. The van der Waals surface area contributed by atoms with E-state index in [0.717, 1.165) is 5.69 Å². The molecule has 1 heterocycles. The van der Waals surface area contributed by atoms with Gasteiger partial charge in [0.1, 0.15) is 0 Å². The fourth-order valence-electron chi connectivity index (χ4n) is 9.40. The minimum absolute atomic E-state index is 0.00328. The number of rotatable bonds is 7. The number of fused-ring (bicyclic) bond motifs is 3. The Morgan fingerprint density at radius 2 is 0.932 bits per heavy atom. The van der Waals surface area contributed by atoms with Crippen LogP contribution in [0.1, 0.15) is 26.3 Å². The molecule has 0 aliphatic heterocycles. The van der Waals surface area contributed by atoms with Gasteiger partial charge in [0, 0.05) is 11.8 Å². The van der Waals surface area contributed by atoms with Gasteiger partial charge < -0.3 is 0 Å². The number of pyridine rings is 1. The Morgan fingerprint density at radius 3 is 1.59 bits per heavy atom. The van der Waals surface area contributed by atoms with Gasteiger partial charge in [-0.15, -0.1) is 0 Å². The summed E-state index contributed by atoms with van der Waals surface area (Å²) >= 11 is 0. The average Bonchev–Trinajstić information content (AvgIpc) is 3.29. The second-order valence-corrected chi connectivity index (χ2v) is 20.5. The number of aromatic nitrogens is 1. The maximum Gasteiger partial charge on any atom is 0.180 e. The molecule has 59 heavy (non-hydrogen) atoms. The summed E-state index contributed by atoms with van der Waals surface area (Å²) in [4.78, 5) is 4.90. The zero-order chi connectivity index (χ0) is 40.0. The van der Waals surface area contributed by atoms with E-state index in [0.29, 0.717) is 0 Å². The van der Waals surface area contributed by atoms with E-state index in [1.807, 2.05) is 12.3 Å². The lowest BCUT2D eigenvalue weighted by molar-refractivity contribution is 0.591. The van der Waals surface area contributed by atoms with Crippen LogP contribution in [0, 0.1) is 0 Å². The van der Waals surface area contributed by atoms with E-state index in [-0.39, 0.29) is 5.41 Å². The van der Waals surface area contributed by atoms with Crippen LogP contribution >= 0.6 is 0 Å². The van der Waals surface area contributed by atoms with Crippen molar-refractivity contribution >= 4 is 61.1 Å². The summed E-state index contributed by atoms with van der Waals surface area (Å²) in [5.41, 5.74) is 8.51. The van der Waals surface area contributed by atoms with Gasteiger partial charge >= 0.3 is 0 Å². The van der Waals surface area contributed by atoms with Gasteiger partial charge in [0.05, 0.1) is 5.69 Å². The molecule has 0 aliphatic rings. The van der Waals surface area contributed by atoms with E-state index in [2.05, 4.69) is 227 Å². The molecule has 1 aromatic heterocycles. The molecule has 0 N–H and O–H groups in total. The number of benzene rings is 9. The Balaban J connectivity index is 1.25. The van der Waals surface area contributed by atoms with Crippen LogP contribution in [0.15, 0.2) is 219 Å². The second kappa shape index (κ2) is 14.8. The Morgan fingerprint density at radius 1 is 0.390 bits per heavy atom. The number of nitrogens with zero attached hydrogens (tertiary/aromatic N) is 1. The summed E-state index contributed by atoms with van der Waals surface area (Å²) in [6.45, 7) is 6.94. The van der Waals surface area contributed by atoms with Crippen LogP contribution in [0.25, 0.3) is 65.8 Å². The van der Waals surface area contributed by atoms with E-state index in [1.54, 1.807) is 0 Å². The van der Waals surface area contributed by atoms with Gasteiger partial charge in [-0.05, 0) is 111 Å². The van der Waals surface area contributed by atoms with Crippen molar-refractivity contribution in [3.8, 4) is 33.5 Å². The van der Waals surface area contributed by atoms with Gasteiger partial charge in [0.15, 0.2) is 8.07 Å². The van der Waals surface area contributed by atoms with Crippen molar-refractivity contribution < 1.29 is 0 Å². The van der Waals surface area contributed by atoms with Gasteiger partial charge in [0.25, 0.3) is 0 Å². The lowest BCUT2D eigenvalue weighted by atomic mass is 9.81. The lowest BCUT2D eigenvalue weighted by Crippen LogP contribution is -2.75. The van der Waals surface area contributed by atoms with E-state index in [4.69, 9.17) is 4.98 Å². The summed E-state index contributed by atoms with van der Waals surface area (Å²) in [6.07, 6.45) is 1.90. The monoisotopic (exact) mass is 771 g/mol. The smallest absolute Gasteiger partial charge is 0.180 e. The quantitative estimate of drug-likeness (QED) is 0.0893. The Hall–Kier alpha value is -6.87. The van der Waals surface area contributed by atoms with E-state index in [9.17, 15) is 0 Å². The molecule has 0 saturated carbocycles. The van der Waals surface area contributed by atoms with Crippen molar-refractivity contribution in [1.82, 2.24) is 4.98 Å². The van der Waals surface area contributed by atoms with Crippen LogP contribution in [0.2, 0.25) is 0 Å². The third-order valence-electron chi connectivity index (χ3n) is 12.2. The van der Waals surface area contributed by atoms with Crippen molar-refractivity contribution in [2.24, 2.45) is 0 Å². The standard InChI is InChI=1S/C57H45NSi/c1-57(2,3)44-33-36-50-52(39-44)56(43-30-29-40-18-10-11-19-42(40)38-43)49-25-13-12-24-48(49)55(50)41-31-34-47(35-32-41)59(45-20-6-4-7-21-45,46-22-8-5-9-23-46)54-28-15-14-26-51(54)53-27-16-17-37-58-53/h4-39H,1-3H3. The summed E-state index contributed by atoms with van der Waals surface area (Å²) < 4.78 is 0. The molecule has 2 heteroatoms. The van der Waals surface area contributed by atoms with Gasteiger partial charge in [-0.2, -0.15) is 0 Å². The normalized spacial score (nSPS) is 12.0. The van der Waals surface area contributed by atoms with E-state index < -0.39 is 8.07 Å². The van der Waals surface area contributed by atoms with Gasteiger partial charge in [-0.25, -0.2) is 0 Å². The molecule has 10 rings (SSSR count). The highest BCUT2D eigenvalue weighted by atomic mass is 28.3. The first-order valence-electron chi connectivity index (χ1n) is 20.6. The summed E-state index contributed by atoms with van der Waals surface area (Å²) in [6, 6.07) is 79.0. The highest BCUT2D eigenvalue weighted by molar-refractivity contribution is 7.20. The topological polar surface area (TPSA) is 12.9 Å². The molecule has 0 bridgehead atoms. The van der Waals surface area contributed by atoms with Crippen LogP contribution in [0.5, 0.6) is 0 Å². The maximum atomic E-state index is 4.90. The highest BCUT2D eigenvalue weighted by Crippen LogP contribution is 2.45. The minimum atomic E-state index is -2.90. The average molecular weight is 772 g/mol. The Bertz CT molecular complexity index is 3070. The van der Waals surface area contributed by atoms with Crippen LogP contribution < -0.4 is 20.7 Å². The van der Waals surface area contributed by atoms with Gasteiger partial charge in [-0.3, -0.25) is 4.98 Å². The Kier molecular flexibility index (Phi) is 9.16. The van der Waals surface area contributed by atoms with Crippen molar-refractivity contribution in [3.63, 3.8) is 0 Å². The SMILES string of the molecule is CC(C)(C)c1ccc2c(-c3ccc([Si](c4ccccc4)(c4ccccc4)c4ccccc4-c4ccccn4)cc3)c3ccccc3c(-c3ccc4ccccc4c3)c2c1. The van der Waals surface area contributed by atoms with Crippen LogP contribution in [0.3, 0.4) is 0 Å². The third kappa shape index (κ3) is 6.28. The van der Waals surface area contributed by atoms with Crippen molar-refractivity contribution in [3.05, 3.63) is 224 Å². The molecule has 0 unspecified atom stereocenters. The summed E-state index contributed by atoms with van der Waals surface area (Å²) in [5.74, 6) is 0. The number of hydrogen-bond donors (Lipinski definition) is 0. The van der Waals surface area contributed by atoms with E-state index >= 15 is 0 Å². The van der Waals surface area contributed by atoms with Crippen LogP contribution in [-0.2, 0) is 5.41 Å². The minimum Gasteiger partial charge on any atom is -0.256 e. The molecular weight excluding hydrogens is 727 g/mol. The fourth-order valence-corrected chi connectivity index (χ4v) is 14.3. The molecule has 0 spiro atoms. The van der Waals surface area contributed by atoms with Crippen molar-refractivity contribution in [2.75, 3.05) is 0 Å². The molecular formula is C57H45NSi. The first-order chi connectivity index (χ1) is 28.9. The molecule has 0 aliphatic carbocycles. The highest BCUT2D eigenvalue weighted by Gasteiger charge is 2.43. The molecule has 0 amide bonds. The van der Waals surface area contributed by atoms with Crippen molar-refractivity contribution in [1.29, 1.82) is 0 Å². The van der Waals surface area contributed by atoms with Crippen LogP contribution in [-0.4, -0.2) is 13.1 Å². The first kappa shape index (κ1) is 36.5. The fraction of sp³-hybridized carbons (Fsp3) is 0.0702. The summed E-state index contributed by atoms with van der Waals surface area (Å²) in [5, 5.41) is 12.9.